The Hall–Kier alpha value is -1.06. The highest BCUT2D eigenvalue weighted by atomic mass is 16.7. The van der Waals surface area contributed by atoms with Crippen molar-refractivity contribution in [2.45, 2.75) is 32.6 Å². The Morgan fingerprint density at radius 3 is 2.38 bits per heavy atom. The molecule has 1 aromatic rings. The summed E-state index contributed by atoms with van der Waals surface area (Å²) in [6.07, 6.45) is 0.783. The highest BCUT2D eigenvalue weighted by molar-refractivity contribution is 5.51. The lowest BCUT2D eigenvalue weighted by atomic mass is 10.1. The fourth-order valence-corrected chi connectivity index (χ4v) is 1.79. The van der Waals surface area contributed by atoms with Gasteiger partial charge in [-0.2, -0.15) is 0 Å². The standard InChI is InChI=1S/C13H21NO2/c1-5-11-8-6-7-9-12(11)14-10(2)13(15-3)16-4/h6-10,13-14H,5H2,1-4H3. The lowest BCUT2D eigenvalue weighted by Crippen LogP contribution is -2.34. The van der Waals surface area contributed by atoms with Crippen LogP contribution in [0.3, 0.4) is 0 Å². The van der Waals surface area contributed by atoms with E-state index < -0.39 is 0 Å². The van der Waals surface area contributed by atoms with Gasteiger partial charge in [0.25, 0.3) is 0 Å². The van der Waals surface area contributed by atoms with Gasteiger partial charge < -0.3 is 14.8 Å². The van der Waals surface area contributed by atoms with Crippen LogP contribution in [0, 0.1) is 0 Å². The number of benzene rings is 1. The van der Waals surface area contributed by atoms with Crippen LogP contribution in [-0.4, -0.2) is 26.6 Å². The zero-order chi connectivity index (χ0) is 12.0. The fraction of sp³-hybridized carbons (Fsp3) is 0.538. The van der Waals surface area contributed by atoms with Gasteiger partial charge in [0.2, 0.25) is 0 Å². The van der Waals surface area contributed by atoms with Crippen LogP contribution in [0.1, 0.15) is 19.4 Å². The molecule has 16 heavy (non-hydrogen) atoms. The molecule has 0 bridgehead atoms. The second kappa shape index (κ2) is 6.51. The quantitative estimate of drug-likeness (QED) is 0.752. The number of anilines is 1. The number of hydrogen-bond acceptors (Lipinski definition) is 3. The van der Waals surface area contributed by atoms with Crippen molar-refractivity contribution in [3.8, 4) is 0 Å². The summed E-state index contributed by atoms with van der Waals surface area (Å²) in [6.45, 7) is 4.19. The van der Waals surface area contributed by atoms with E-state index in [1.165, 1.54) is 5.56 Å². The van der Waals surface area contributed by atoms with E-state index in [0.29, 0.717) is 0 Å². The van der Waals surface area contributed by atoms with E-state index in [1.807, 2.05) is 13.0 Å². The molecule has 1 rings (SSSR count). The summed E-state index contributed by atoms with van der Waals surface area (Å²) in [7, 11) is 3.30. The molecular formula is C13H21NO2. The van der Waals surface area contributed by atoms with E-state index in [0.717, 1.165) is 12.1 Å². The summed E-state index contributed by atoms with van der Waals surface area (Å²) in [6, 6.07) is 8.41. The van der Waals surface area contributed by atoms with Crippen LogP contribution in [0.25, 0.3) is 0 Å². The maximum absolute atomic E-state index is 5.22. The van der Waals surface area contributed by atoms with E-state index in [4.69, 9.17) is 9.47 Å². The summed E-state index contributed by atoms with van der Waals surface area (Å²) in [5, 5.41) is 3.41. The minimum atomic E-state index is -0.232. The highest BCUT2D eigenvalue weighted by Crippen LogP contribution is 2.17. The maximum atomic E-state index is 5.22. The number of aryl methyl sites for hydroxylation is 1. The summed E-state index contributed by atoms with van der Waals surface area (Å²) in [5.41, 5.74) is 2.46. The van der Waals surface area contributed by atoms with Crippen molar-refractivity contribution in [2.24, 2.45) is 0 Å². The molecule has 0 saturated heterocycles. The number of methoxy groups -OCH3 is 2. The highest BCUT2D eigenvalue weighted by Gasteiger charge is 2.15. The van der Waals surface area contributed by atoms with Crippen LogP contribution < -0.4 is 5.32 Å². The van der Waals surface area contributed by atoms with Gasteiger partial charge in [-0.1, -0.05) is 25.1 Å². The van der Waals surface area contributed by atoms with Gasteiger partial charge in [0.05, 0.1) is 6.04 Å². The molecule has 3 nitrogen and oxygen atoms in total. The van der Waals surface area contributed by atoms with Crippen LogP contribution in [0.5, 0.6) is 0 Å². The molecule has 1 N–H and O–H groups in total. The van der Waals surface area contributed by atoms with Gasteiger partial charge >= 0.3 is 0 Å². The molecule has 1 atom stereocenters. The molecule has 0 radical (unpaired) electrons. The topological polar surface area (TPSA) is 30.5 Å². The van der Waals surface area contributed by atoms with E-state index in [1.54, 1.807) is 14.2 Å². The normalized spacial score (nSPS) is 12.8. The molecule has 90 valence electrons. The molecule has 0 aliphatic rings. The Morgan fingerprint density at radius 2 is 1.81 bits per heavy atom. The van der Waals surface area contributed by atoms with Gasteiger partial charge in [-0.05, 0) is 25.0 Å². The van der Waals surface area contributed by atoms with Crippen molar-refractivity contribution in [3.05, 3.63) is 29.8 Å². The predicted octanol–water partition coefficient (Wildman–Crippen LogP) is 2.67. The first-order valence-electron chi connectivity index (χ1n) is 5.63. The first-order valence-corrected chi connectivity index (χ1v) is 5.63. The first kappa shape index (κ1) is 13.0. The van der Waals surface area contributed by atoms with Crippen molar-refractivity contribution in [2.75, 3.05) is 19.5 Å². The van der Waals surface area contributed by atoms with E-state index >= 15 is 0 Å². The lowest BCUT2D eigenvalue weighted by molar-refractivity contribution is -0.109. The zero-order valence-electron chi connectivity index (χ0n) is 10.5. The second-order valence-corrected chi connectivity index (χ2v) is 3.78. The monoisotopic (exact) mass is 223 g/mol. The minimum absolute atomic E-state index is 0.114. The Labute approximate surface area is 97.8 Å². The van der Waals surface area contributed by atoms with E-state index in [9.17, 15) is 0 Å². The van der Waals surface area contributed by atoms with Crippen molar-refractivity contribution in [1.82, 2.24) is 0 Å². The molecule has 0 amide bonds. The lowest BCUT2D eigenvalue weighted by Gasteiger charge is -2.24. The van der Waals surface area contributed by atoms with Gasteiger partial charge in [-0.15, -0.1) is 0 Å². The molecule has 3 heteroatoms. The van der Waals surface area contributed by atoms with Gasteiger partial charge in [-0.25, -0.2) is 0 Å². The van der Waals surface area contributed by atoms with Crippen molar-refractivity contribution in [1.29, 1.82) is 0 Å². The number of nitrogens with one attached hydrogen (secondary N) is 1. The third-order valence-electron chi connectivity index (χ3n) is 2.65. The summed E-state index contributed by atoms with van der Waals surface area (Å²) in [5.74, 6) is 0. The Kier molecular flexibility index (Phi) is 5.29. The van der Waals surface area contributed by atoms with Gasteiger partial charge in [0, 0.05) is 19.9 Å². The molecule has 0 aromatic heterocycles. The fourth-order valence-electron chi connectivity index (χ4n) is 1.79. The Bertz CT molecular complexity index is 311. The third kappa shape index (κ3) is 3.22. The molecule has 1 unspecified atom stereocenters. The number of hydrogen-bond donors (Lipinski definition) is 1. The van der Waals surface area contributed by atoms with Crippen LogP contribution in [0.15, 0.2) is 24.3 Å². The zero-order valence-corrected chi connectivity index (χ0v) is 10.5. The molecule has 0 saturated carbocycles. The minimum Gasteiger partial charge on any atom is -0.377 e. The van der Waals surface area contributed by atoms with Crippen LogP contribution in [0.2, 0.25) is 0 Å². The summed E-state index contributed by atoms with van der Waals surface area (Å²) in [4.78, 5) is 0. The maximum Gasteiger partial charge on any atom is 0.176 e. The largest absolute Gasteiger partial charge is 0.377 e. The molecule has 0 aliphatic carbocycles. The molecular weight excluding hydrogens is 202 g/mol. The number of ether oxygens (including phenoxy) is 2. The van der Waals surface area contributed by atoms with Gasteiger partial charge in [0.15, 0.2) is 6.29 Å². The predicted molar refractivity (Wildman–Crippen MR) is 66.7 cm³/mol. The third-order valence-corrected chi connectivity index (χ3v) is 2.65. The number of para-hydroxylation sites is 1. The molecule has 0 heterocycles. The summed E-state index contributed by atoms with van der Waals surface area (Å²) < 4.78 is 10.4. The van der Waals surface area contributed by atoms with E-state index in [2.05, 4.69) is 30.4 Å². The van der Waals surface area contributed by atoms with Gasteiger partial charge in [-0.3, -0.25) is 0 Å². The van der Waals surface area contributed by atoms with Crippen molar-refractivity contribution < 1.29 is 9.47 Å². The summed E-state index contributed by atoms with van der Waals surface area (Å²) >= 11 is 0. The van der Waals surface area contributed by atoms with Crippen molar-refractivity contribution in [3.63, 3.8) is 0 Å². The molecule has 0 fully saturated rings. The van der Waals surface area contributed by atoms with Crippen molar-refractivity contribution >= 4 is 5.69 Å². The van der Waals surface area contributed by atoms with Crippen LogP contribution in [0.4, 0.5) is 5.69 Å². The van der Waals surface area contributed by atoms with Gasteiger partial charge in [0.1, 0.15) is 0 Å². The Balaban J connectivity index is 2.71. The SMILES string of the molecule is CCc1ccccc1NC(C)C(OC)OC. The second-order valence-electron chi connectivity index (χ2n) is 3.78. The van der Waals surface area contributed by atoms with Crippen LogP contribution in [-0.2, 0) is 15.9 Å². The smallest absolute Gasteiger partial charge is 0.176 e. The average Bonchev–Trinajstić information content (AvgIpc) is 2.31. The van der Waals surface area contributed by atoms with E-state index in [-0.39, 0.29) is 12.3 Å². The number of rotatable bonds is 6. The molecule has 0 spiro atoms. The molecule has 1 aromatic carbocycles. The Morgan fingerprint density at radius 1 is 1.19 bits per heavy atom. The van der Waals surface area contributed by atoms with Crippen LogP contribution >= 0.6 is 0 Å². The molecule has 0 aliphatic heterocycles. The average molecular weight is 223 g/mol. The first-order chi connectivity index (χ1) is 7.72.